The molecule has 5 heteroatoms. The number of ether oxygens (including phenoxy) is 1. The van der Waals surface area contributed by atoms with Gasteiger partial charge in [0.2, 0.25) is 0 Å². The van der Waals surface area contributed by atoms with Crippen molar-refractivity contribution in [3.8, 4) is 5.75 Å². The Labute approximate surface area is 115 Å². The lowest BCUT2D eigenvalue weighted by atomic mass is 10.2. The summed E-state index contributed by atoms with van der Waals surface area (Å²) in [6, 6.07) is 13.6. The van der Waals surface area contributed by atoms with E-state index in [2.05, 4.69) is 9.97 Å². The molecule has 0 amide bonds. The molecule has 0 atom stereocenters. The van der Waals surface area contributed by atoms with E-state index in [4.69, 9.17) is 14.6 Å². The van der Waals surface area contributed by atoms with Crippen molar-refractivity contribution in [2.24, 2.45) is 0 Å². The van der Waals surface area contributed by atoms with Gasteiger partial charge in [-0.15, -0.1) is 0 Å². The van der Waals surface area contributed by atoms with Crippen molar-refractivity contribution in [3.05, 3.63) is 42.5 Å². The van der Waals surface area contributed by atoms with Crippen LogP contribution in [0.5, 0.6) is 5.75 Å². The fourth-order valence-electron chi connectivity index (χ4n) is 1.78. The molecule has 102 valence electrons. The molecule has 0 fully saturated rings. The Kier molecular flexibility index (Phi) is 4.10. The predicted molar refractivity (Wildman–Crippen MR) is 76.9 cm³/mol. The van der Waals surface area contributed by atoms with Crippen LogP contribution in [0, 0.1) is 0 Å². The number of aliphatic carboxylic acids is 1. The number of hydrogen-bond acceptors (Lipinski definition) is 4. The molecule has 0 spiro atoms. The molecule has 0 unspecified atom stereocenters. The van der Waals surface area contributed by atoms with E-state index in [9.17, 15) is 0 Å². The molecule has 1 aromatic heterocycles. The number of nitrogens with zero attached hydrogens (tertiary/aromatic N) is 2. The lowest BCUT2D eigenvalue weighted by Crippen LogP contribution is -1.91. The summed E-state index contributed by atoms with van der Waals surface area (Å²) in [5, 5.41) is 7.42. The van der Waals surface area contributed by atoms with Crippen LogP contribution in [0.25, 0.3) is 22.1 Å². The normalized spacial score (nSPS) is 9.90. The highest BCUT2D eigenvalue weighted by Crippen LogP contribution is 2.24. The third kappa shape index (κ3) is 3.00. The summed E-state index contributed by atoms with van der Waals surface area (Å²) in [7, 11) is 1.64. The fourth-order valence-corrected chi connectivity index (χ4v) is 1.78. The summed E-state index contributed by atoms with van der Waals surface area (Å²) in [6.45, 7) is 1.08. The summed E-state index contributed by atoms with van der Waals surface area (Å²) < 4.78 is 5.27. The molecule has 0 saturated carbocycles. The second kappa shape index (κ2) is 5.97. The molecule has 1 heterocycles. The highest BCUT2D eigenvalue weighted by atomic mass is 16.5. The van der Waals surface area contributed by atoms with Crippen LogP contribution in [0.4, 0.5) is 0 Å². The molecule has 0 saturated heterocycles. The molecule has 0 aliphatic rings. The van der Waals surface area contributed by atoms with Crippen LogP contribution in [-0.2, 0) is 4.79 Å². The van der Waals surface area contributed by atoms with Crippen molar-refractivity contribution in [1.29, 1.82) is 0 Å². The van der Waals surface area contributed by atoms with Gasteiger partial charge < -0.3 is 9.84 Å². The van der Waals surface area contributed by atoms with Crippen molar-refractivity contribution in [1.82, 2.24) is 9.97 Å². The Hall–Kier alpha value is -2.69. The van der Waals surface area contributed by atoms with Gasteiger partial charge in [0.15, 0.2) is 0 Å². The minimum Gasteiger partial charge on any atom is -0.494 e. The number of benzene rings is 2. The van der Waals surface area contributed by atoms with Gasteiger partial charge in [-0.2, -0.15) is 0 Å². The van der Waals surface area contributed by atoms with Crippen molar-refractivity contribution < 1.29 is 14.6 Å². The lowest BCUT2D eigenvalue weighted by molar-refractivity contribution is -0.134. The molecular formula is C15H14N2O3. The molecule has 0 bridgehead atoms. The minimum absolute atomic E-state index is 0.760. The molecule has 0 aliphatic carbocycles. The maximum atomic E-state index is 9.00. The smallest absolute Gasteiger partial charge is 0.300 e. The molecule has 5 nitrogen and oxygen atoms in total. The lowest BCUT2D eigenvalue weighted by Gasteiger charge is -2.04. The van der Waals surface area contributed by atoms with Gasteiger partial charge in [-0.3, -0.25) is 4.79 Å². The monoisotopic (exact) mass is 270 g/mol. The van der Waals surface area contributed by atoms with Gasteiger partial charge in [0.1, 0.15) is 11.3 Å². The molecule has 3 aromatic rings. The van der Waals surface area contributed by atoms with Gasteiger partial charge in [-0.05, 0) is 24.3 Å². The zero-order valence-corrected chi connectivity index (χ0v) is 11.2. The first-order valence-corrected chi connectivity index (χ1v) is 6.01. The summed E-state index contributed by atoms with van der Waals surface area (Å²) in [5.74, 6) is -0.0734. The summed E-state index contributed by atoms with van der Waals surface area (Å²) in [4.78, 5) is 18.1. The topological polar surface area (TPSA) is 72.3 Å². The Morgan fingerprint density at radius 3 is 2.15 bits per heavy atom. The molecule has 1 N–H and O–H groups in total. The number of methoxy groups -OCH3 is 1. The third-order valence-corrected chi connectivity index (χ3v) is 2.55. The second-order valence-electron chi connectivity index (χ2n) is 4.06. The van der Waals surface area contributed by atoms with Gasteiger partial charge in [0, 0.05) is 6.92 Å². The van der Waals surface area contributed by atoms with E-state index < -0.39 is 5.97 Å². The number of aromatic nitrogens is 2. The maximum absolute atomic E-state index is 9.00. The summed E-state index contributed by atoms with van der Waals surface area (Å²) in [5.41, 5.74) is 3.46. The number of carboxylic acid groups (broad SMARTS) is 1. The van der Waals surface area contributed by atoms with Crippen LogP contribution in [0.2, 0.25) is 0 Å². The van der Waals surface area contributed by atoms with Gasteiger partial charge >= 0.3 is 0 Å². The number of carboxylic acids is 1. The van der Waals surface area contributed by atoms with Crippen LogP contribution in [0.1, 0.15) is 6.92 Å². The van der Waals surface area contributed by atoms with Gasteiger partial charge in [0.25, 0.3) is 5.97 Å². The van der Waals surface area contributed by atoms with E-state index in [0.717, 1.165) is 34.7 Å². The van der Waals surface area contributed by atoms with E-state index in [1.165, 1.54) is 0 Å². The standard InChI is InChI=1S/C13H10N2O.C2H4O2/c1-16-12-8-4-7-11-13(12)15-10-6-3-2-5-9(10)14-11;1-2(3)4/h2-8H,1H3;1H3,(H,3,4). The Morgan fingerprint density at radius 1 is 1.00 bits per heavy atom. The molecule has 0 aliphatic heterocycles. The van der Waals surface area contributed by atoms with Gasteiger partial charge in [0.05, 0.1) is 23.7 Å². The first-order chi connectivity index (χ1) is 9.61. The number of hydrogen-bond donors (Lipinski definition) is 1. The minimum atomic E-state index is -0.833. The van der Waals surface area contributed by atoms with Crippen molar-refractivity contribution in [3.63, 3.8) is 0 Å². The largest absolute Gasteiger partial charge is 0.494 e. The predicted octanol–water partition coefficient (Wildman–Crippen LogP) is 2.88. The Bertz CT molecular complexity index is 752. The van der Waals surface area contributed by atoms with E-state index in [1.807, 2.05) is 42.5 Å². The Morgan fingerprint density at radius 2 is 1.55 bits per heavy atom. The van der Waals surface area contributed by atoms with E-state index in [-0.39, 0.29) is 0 Å². The first kappa shape index (κ1) is 13.7. The van der Waals surface area contributed by atoms with Crippen molar-refractivity contribution in [2.45, 2.75) is 6.92 Å². The highest BCUT2D eigenvalue weighted by molar-refractivity contribution is 5.89. The average molecular weight is 270 g/mol. The summed E-state index contributed by atoms with van der Waals surface area (Å²) >= 11 is 0. The SMILES string of the molecule is CC(=O)O.COc1cccc2nc3ccccc3nc12. The molecule has 20 heavy (non-hydrogen) atoms. The number of para-hydroxylation sites is 3. The molecule has 2 aromatic carbocycles. The van der Waals surface area contributed by atoms with Crippen LogP contribution in [0.3, 0.4) is 0 Å². The number of rotatable bonds is 1. The zero-order chi connectivity index (χ0) is 14.5. The van der Waals surface area contributed by atoms with Crippen LogP contribution >= 0.6 is 0 Å². The average Bonchev–Trinajstić information content (AvgIpc) is 2.43. The molecule has 3 rings (SSSR count). The number of carbonyl (C=O) groups is 1. The van der Waals surface area contributed by atoms with Crippen LogP contribution in [-0.4, -0.2) is 28.2 Å². The molecular weight excluding hydrogens is 256 g/mol. The van der Waals surface area contributed by atoms with E-state index in [1.54, 1.807) is 7.11 Å². The third-order valence-electron chi connectivity index (χ3n) is 2.55. The fraction of sp³-hybridized carbons (Fsp3) is 0.133. The second-order valence-corrected chi connectivity index (χ2v) is 4.06. The van der Waals surface area contributed by atoms with Crippen molar-refractivity contribution >= 4 is 28.0 Å². The molecule has 0 radical (unpaired) electrons. The van der Waals surface area contributed by atoms with Crippen LogP contribution in [0.15, 0.2) is 42.5 Å². The van der Waals surface area contributed by atoms with Gasteiger partial charge in [-0.1, -0.05) is 18.2 Å². The zero-order valence-electron chi connectivity index (χ0n) is 11.2. The van der Waals surface area contributed by atoms with E-state index in [0.29, 0.717) is 0 Å². The quantitative estimate of drug-likeness (QED) is 0.688. The highest BCUT2D eigenvalue weighted by Gasteiger charge is 2.05. The van der Waals surface area contributed by atoms with Crippen molar-refractivity contribution in [2.75, 3.05) is 7.11 Å². The maximum Gasteiger partial charge on any atom is 0.300 e. The Balaban J connectivity index is 0.000000328. The first-order valence-electron chi connectivity index (χ1n) is 6.01. The van der Waals surface area contributed by atoms with Gasteiger partial charge in [-0.25, -0.2) is 9.97 Å². The number of fused-ring (bicyclic) bond motifs is 2. The van der Waals surface area contributed by atoms with Crippen LogP contribution < -0.4 is 4.74 Å². The van der Waals surface area contributed by atoms with E-state index >= 15 is 0 Å². The summed E-state index contributed by atoms with van der Waals surface area (Å²) in [6.07, 6.45) is 0.